The number of carbonyl (C=O) groups is 1. The second-order valence-corrected chi connectivity index (χ2v) is 4.90. The Labute approximate surface area is 128 Å². The van der Waals surface area contributed by atoms with Crippen LogP contribution in [0.15, 0.2) is 36.7 Å². The Bertz CT molecular complexity index is 586. The van der Waals surface area contributed by atoms with Crippen molar-refractivity contribution < 1.29 is 14.6 Å². The summed E-state index contributed by atoms with van der Waals surface area (Å²) in [5.41, 5.74) is 0.961. The number of ether oxygens (including phenoxy) is 1. The van der Waals surface area contributed by atoms with Crippen LogP contribution in [0.4, 0.5) is 0 Å². The van der Waals surface area contributed by atoms with Crippen molar-refractivity contribution in [2.45, 2.75) is 26.0 Å². The third-order valence-electron chi connectivity index (χ3n) is 3.13. The minimum atomic E-state index is -1.19. The number of hydrogen-bond acceptors (Lipinski definition) is 5. The molecule has 1 aromatic heterocycles. The average Bonchev–Trinajstić information content (AvgIpc) is 3.03. The van der Waals surface area contributed by atoms with Crippen molar-refractivity contribution in [2.24, 2.45) is 0 Å². The number of aliphatic hydroxyl groups excluding tert-OH is 1. The number of rotatable bonds is 8. The van der Waals surface area contributed by atoms with E-state index in [2.05, 4.69) is 15.6 Å². The minimum Gasteiger partial charge on any atom is -0.490 e. The summed E-state index contributed by atoms with van der Waals surface area (Å²) in [6.45, 7) is 2.96. The summed E-state index contributed by atoms with van der Waals surface area (Å²) in [5, 5.41) is 20.0. The van der Waals surface area contributed by atoms with Crippen LogP contribution in [0, 0.1) is 6.92 Å². The van der Waals surface area contributed by atoms with Gasteiger partial charge in [0.25, 0.3) is 5.91 Å². The number of hydrogen-bond donors (Lipinski definition) is 2. The van der Waals surface area contributed by atoms with E-state index < -0.39 is 12.0 Å². The Morgan fingerprint density at radius 2 is 2.27 bits per heavy atom. The van der Waals surface area contributed by atoms with E-state index in [0.29, 0.717) is 25.3 Å². The lowest BCUT2D eigenvalue weighted by Gasteiger charge is -2.14. The summed E-state index contributed by atoms with van der Waals surface area (Å²) in [5.74, 6) is 0.229. The van der Waals surface area contributed by atoms with E-state index in [1.54, 1.807) is 23.1 Å². The van der Waals surface area contributed by atoms with Gasteiger partial charge >= 0.3 is 0 Å². The van der Waals surface area contributed by atoms with Crippen LogP contribution in [0.1, 0.15) is 12.0 Å². The highest BCUT2D eigenvalue weighted by Crippen LogP contribution is 2.16. The standard InChI is InChI=1S/C15H20N4O3/c1-12-5-2-3-6-14(12)22-11-13(20)15(21)16-7-4-9-19-10-8-17-18-19/h2-3,5-6,8,10,13,20H,4,7,9,11H2,1H3,(H,16,21). The first-order valence-corrected chi connectivity index (χ1v) is 7.15. The van der Waals surface area contributed by atoms with Crippen LogP contribution in [0.5, 0.6) is 5.75 Å². The van der Waals surface area contributed by atoms with Crippen LogP contribution in [-0.4, -0.2) is 45.3 Å². The first-order chi connectivity index (χ1) is 10.7. The zero-order valence-electron chi connectivity index (χ0n) is 12.5. The lowest BCUT2D eigenvalue weighted by Crippen LogP contribution is -2.39. The third-order valence-corrected chi connectivity index (χ3v) is 3.13. The van der Waals surface area contributed by atoms with Gasteiger partial charge in [-0.15, -0.1) is 5.10 Å². The van der Waals surface area contributed by atoms with Crippen LogP contribution >= 0.6 is 0 Å². The quantitative estimate of drug-likeness (QED) is 0.695. The van der Waals surface area contributed by atoms with Gasteiger partial charge in [-0.1, -0.05) is 23.4 Å². The molecule has 118 valence electrons. The monoisotopic (exact) mass is 304 g/mol. The highest BCUT2D eigenvalue weighted by atomic mass is 16.5. The van der Waals surface area contributed by atoms with Gasteiger partial charge in [-0.3, -0.25) is 9.48 Å². The summed E-state index contributed by atoms with van der Waals surface area (Å²) in [4.78, 5) is 11.7. The van der Waals surface area contributed by atoms with Gasteiger partial charge in [0, 0.05) is 19.3 Å². The Hall–Kier alpha value is -2.41. The first kappa shape index (κ1) is 16.0. The van der Waals surface area contributed by atoms with E-state index >= 15 is 0 Å². The number of para-hydroxylation sites is 1. The molecule has 0 aliphatic rings. The molecule has 1 amide bonds. The van der Waals surface area contributed by atoms with Gasteiger partial charge in [-0.25, -0.2) is 0 Å². The largest absolute Gasteiger partial charge is 0.490 e. The molecular weight excluding hydrogens is 284 g/mol. The van der Waals surface area contributed by atoms with Crippen molar-refractivity contribution in [3.63, 3.8) is 0 Å². The van der Waals surface area contributed by atoms with Crippen LogP contribution < -0.4 is 10.1 Å². The normalized spacial score (nSPS) is 11.9. The lowest BCUT2D eigenvalue weighted by atomic mass is 10.2. The number of carbonyl (C=O) groups excluding carboxylic acids is 1. The highest BCUT2D eigenvalue weighted by Gasteiger charge is 2.15. The fraction of sp³-hybridized carbons (Fsp3) is 0.400. The second-order valence-electron chi connectivity index (χ2n) is 4.90. The highest BCUT2D eigenvalue weighted by molar-refractivity contribution is 5.80. The van der Waals surface area contributed by atoms with Crippen LogP contribution in [0.2, 0.25) is 0 Å². The van der Waals surface area contributed by atoms with Gasteiger partial charge < -0.3 is 15.2 Å². The first-order valence-electron chi connectivity index (χ1n) is 7.15. The number of aliphatic hydroxyl groups is 1. The maximum absolute atomic E-state index is 11.7. The van der Waals surface area contributed by atoms with Crippen molar-refractivity contribution in [3.05, 3.63) is 42.2 Å². The molecule has 0 bridgehead atoms. The molecule has 0 aliphatic carbocycles. The van der Waals surface area contributed by atoms with E-state index in [1.165, 1.54) is 0 Å². The molecule has 1 atom stereocenters. The summed E-state index contributed by atoms with van der Waals surface area (Å²) in [6, 6.07) is 7.46. The summed E-state index contributed by atoms with van der Waals surface area (Å²) in [7, 11) is 0. The molecule has 1 heterocycles. The Balaban J connectivity index is 1.65. The van der Waals surface area contributed by atoms with Crippen molar-refractivity contribution in [1.82, 2.24) is 20.3 Å². The van der Waals surface area contributed by atoms with E-state index in [0.717, 1.165) is 5.56 Å². The molecule has 0 fully saturated rings. The predicted octanol–water partition coefficient (Wildman–Crippen LogP) is 0.533. The number of aryl methyl sites for hydroxylation is 2. The molecule has 7 nitrogen and oxygen atoms in total. The summed E-state index contributed by atoms with van der Waals surface area (Å²) >= 11 is 0. The summed E-state index contributed by atoms with van der Waals surface area (Å²) < 4.78 is 7.14. The van der Waals surface area contributed by atoms with E-state index in [4.69, 9.17) is 4.74 Å². The van der Waals surface area contributed by atoms with Crippen molar-refractivity contribution in [2.75, 3.05) is 13.2 Å². The van der Waals surface area contributed by atoms with Gasteiger partial charge in [-0.2, -0.15) is 0 Å². The van der Waals surface area contributed by atoms with E-state index in [1.807, 2.05) is 25.1 Å². The van der Waals surface area contributed by atoms with Crippen LogP contribution in [0.3, 0.4) is 0 Å². The number of aromatic nitrogens is 3. The molecular formula is C15H20N4O3. The van der Waals surface area contributed by atoms with Crippen molar-refractivity contribution in [1.29, 1.82) is 0 Å². The predicted molar refractivity (Wildman–Crippen MR) is 80.3 cm³/mol. The van der Waals surface area contributed by atoms with Gasteiger partial charge in [0.05, 0.1) is 6.20 Å². The zero-order chi connectivity index (χ0) is 15.8. The molecule has 1 unspecified atom stereocenters. The Morgan fingerprint density at radius 1 is 1.45 bits per heavy atom. The average molecular weight is 304 g/mol. The van der Waals surface area contributed by atoms with Gasteiger partial charge in [0.15, 0.2) is 6.10 Å². The topological polar surface area (TPSA) is 89.3 Å². The van der Waals surface area contributed by atoms with Crippen molar-refractivity contribution >= 4 is 5.91 Å². The molecule has 1 aromatic carbocycles. The smallest absolute Gasteiger partial charge is 0.252 e. The molecule has 0 saturated carbocycles. The Morgan fingerprint density at radius 3 is 3.00 bits per heavy atom. The van der Waals surface area contributed by atoms with Gasteiger partial charge in [0.2, 0.25) is 0 Å². The zero-order valence-corrected chi connectivity index (χ0v) is 12.5. The molecule has 0 spiro atoms. The number of benzene rings is 1. The number of amides is 1. The number of nitrogens with one attached hydrogen (secondary N) is 1. The van der Waals surface area contributed by atoms with Gasteiger partial charge in [-0.05, 0) is 25.0 Å². The molecule has 0 saturated heterocycles. The molecule has 0 radical (unpaired) electrons. The Kier molecular flexibility index (Phi) is 5.91. The fourth-order valence-corrected chi connectivity index (χ4v) is 1.89. The van der Waals surface area contributed by atoms with E-state index in [9.17, 15) is 9.90 Å². The second kappa shape index (κ2) is 8.14. The fourth-order valence-electron chi connectivity index (χ4n) is 1.89. The maximum atomic E-state index is 11.7. The third kappa shape index (κ3) is 4.85. The molecule has 7 heteroatoms. The lowest BCUT2D eigenvalue weighted by molar-refractivity contribution is -0.130. The molecule has 22 heavy (non-hydrogen) atoms. The van der Waals surface area contributed by atoms with Crippen LogP contribution in [0.25, 0.3) is 0 Å². The van der Waals surface area contributed by atoms with Gasteiger partial charge in [0.1, 0.15) is 12.4 Å². The number of nitrogens with zero attached hydrogens (tertiary/aromatic N) is 3. The van der Waals surface area contributed by atoms with Crippen LogP contribution in [-0.2, 0) is 11.3 Å². The molecule has 2 aromatic rings. The maximum Gasteiger partial charge on any atom is 0.252 e. The van der Waals surface area contributed by atoms with Crippen molar-refractivity contribution in [3.8, 4) is 5.75 Å². The SMILES string of the molecule is Cc1ccccc1OCC(O)C(=O)NCCCn1ccnn1. The molecule has 2 rings (SSSR count). The summed E-state index contributed by atoms with van der Waals surface area (Å²) in [6.07, 6.45) is 2.88. The minimum absolute atomic E-state index is 0.0697. The molecule has 2 N–H and O–H groups in total. The molecule has 0 aliphatic heterocycles. The van der Waals surface area contributed by atoms with E-state index in [-0.39, 0.29) is 6.61 Å².